The molecule has 3 aromatic rings. The highest BCUT2D eigenvalue weighted by molar-refractivity contribution is 9.10. The summed E-state index contributed by atoms with van der Waals surface area (Å²) in [6.45, 7) is 2.19. The van der Waals surface area contributed by atoms with Crippen LogP contribution in [0.5, 0.6) is 5.75 Å². The van der Waals surface area contributed by atoms with Gasteiger partial charge in [0.15, 0.2) is 0 Å². The van der Waals surface area contributed by atoms with E-state index in [-0.39, 0.29) is 12.2 Å². The number of rotatable bonds is 3. The minimum atomic E-state index is -0.148. The Kier molecular flexibility index (Phi) is 3.75. The lowest BCUT2D eigenvalue weighted by molar-refractivity contribution is 0.294. The van der Waals surface area contributed by atoms with Crippen molar-refractivity contribution in [3.8, 4) is 5.75 Å². The fourth-order valence-corrected chi connectivity index (χ4v) is 2.42. The fourth-order valence-electron chi connectivity index (χ4n) is 2.08. The van der Waals surface area contributed by atoms with E-state index in [9.17, 15) is 4.79 Å². The third-order valence-corrected chi connectivity index (χ3v) is 3.67. The van der Waals surface area contributed by atoms with Crippen LogP contribution in [0.4, 0.5) is 0 Å². The van der Waals surface area contributed by atoms with Crippen LogP contribution in [0.15, 0.2) is 51.7 Å². The number of aryl methyl sites for hydroxylation is 1. The number of nitrogens with one attached hydrogen (secondary N) is 1. The van der Waals surface area contributed by atoms with Crippen molar-refractivity contribution in [2.75, 3.05) is 0 Å². The van der Waals surface area contributed by atoms with Crippen molar-refractivity contribution in [2.45, 2.75) is 13.5 Å². The van der Waals surface area contributed by atoms with Crippen LogP contribution >= 0.6 is 15.9 Å². The van der Waals surface area contributed by atoms with Gasteiger partial charge in [0.25, 0.3) is 5.56 Å². The van der Waals surface area contributed by atoms with Crippen LogP contribution in [-0.4, -0.2) is 9.97 Å². The minimum absolute atomic E-state index is 0.148. The average molecular weight is 345 g/mol. The van der Waals surface area contributed by atoms with Crippen LogP contribution in [-0.2, 0) is 6.61 Å². The monoisotopic (exact) mass is 344 g/mol. The van der Waals surface area contributed by atoms with Crippen molar-refractivity contribution in [3.63, 3.8) is 0 Å². The molecule has 0 unspecified atom stereocenters. The maximum absolute atomic E-state index is 12.0. The number of aromatic nitrogens is 2. The standard InChI is InChI=1S/C16H13BrN2O2/c1-10-6-7-11(17)8-14(10)21-9-15-18-13-5-3-2-4-12(13)16(20)19-15/h2-8H,9H2,1H3,(H,18,19,20). The summed E-state index contributed by atoms with van der Waals surface area (Å²) in [5.74, 6) is 1.28. The molecule has 4 nitrogen and oxygen atoms in total. The van der Waals surface area contributed by atoms with E-state index in [0.717, 1.165) is 15.8 Å². The van der Waals surface area contributed by atoms with Crippen LogP contribution in [0.3, 0.4) is 0 Å². The van der Waals surface area contributed by atoms with Gasteiger partial charge in [0.1, 0.15) is 18.2 Å². The largest absolute Gasteiger partial charge is 0.485 e. The van der Waals surface area contributed by atoms with E-state index < -0.39 is 0 Å². The van der Waals surface area contributed by atoms with Gasteiger partial charge in [0.2, 0.25) is 0 Å². The van der Waals surface area contributed by atoms with Crippen LogP contribution in [0.1, 0.15) is 11.4 Å². The maximum atomic E-state index is 12.0. The highest BCUT2D eigenvalue weighted by Gasteiger charge is 2.05. The van der Waals surface area contributed by atoms with Crippen molar-refractivity contribution in [1.82, 2.24) is 9.97 Å². The van der Waals surface area contributed by atoms with Gasteiger partial charge in [0.05, 0.1) is 10.9 Å². The zero-order valence-electron chi connectivity index (χ0n) is 11.4. The number of hydrogen-bond donors (Lipinski definition) is 1. The molecule has 0 aliphatic carbocycles. The number of benzene rings is 2. The van der Waals surface area contributed by atoms with Gasteiger partial charge in [0, 0.05) is 4.47 Å². The smallest absolute Gasteiger partial charge is 0.258 e. The molecule has 0 saturated heterocycles. The van der Waals surface area contributed by atoms with E-state index in [2.05, 4.69) is 25.9 Å². The zero-order valence-corrected chi connectivity index (χ0v) is 13.0. The molecule has 1 heterocycles. The molecule has 0 aliphatic rings. The summed E-state index contributed by atoms with van der Waals surface area (Å²) in [4.78, 5) is 19.1. The van der Waals surface area contributed by atoms with Crippen LogP contribution in [0, 0.1) is 6.92 Å². The van der Waals surface area contributed by atoms with Gasteiger partial charge in [-0.15, -0.1) is 0 Å². The highest BCUT2D eigenvalue weighted by Crippen LogP contribution is 2.23. The molecular formula is C16H13BrN2O2. The molecule has 0 radical (unpaired) electrons. The van der Waals surface area contributed by atoms with Crippen LogP contribution in [0.25, 0.3) is 10.9 Å². The summed E-state index contributed by atoms with van der Waals surface area (Å²) >= 11 is 3.41. The SMILES string of the molecule is Cc1ccc(Br)cc1OCc1nc2ccccc2c(=O)[nH]1. The van der Waals surface area contributed by atoms with E-state index in [1.54, 1.807) is 6.07 Å². The lowest BCUT2D eigenvalue weighted by atomic mass is 10.2. The number of para-hydroxylation sites is 1. The predicted octanol–water partition coefficient (Wildman–Crippen LogP) is 3.57. The molecule has 1 aromatic heterocycles. The van der Waals surface area contributed by atoms with Crippen molar-refractivity contribution in [2.24, 2.45) is 0 Å². The summed E-state index contributed by atoms with van der Waals surface area (Å²) in [5, 5.41) is 0.583. The Hall–Kier alpha value is -2.14. The van der Waals surface area contributed by atoms with Crippen LogP contribution in [0.2, 0.25) is 0 Å². The number of hydrogen-bond acceptors (Lipinski definition) is 3. The quantitative estimate of drug-likeness (QED) is 0.790. The molecule has 1 N–H and O–H groups in total. The van der Waals surface area contributed by atoms with E-state index in [1.165, 1.54) is 0 Å². The molecule has 2 aromatic carbocycles. The van der Waals surface area contributed by atoms with Crippen molar-refractivity contribution in [1.29, 1.82) is 0 Å². The molecule has 0 bridgehead atoms. The topological polar surface area (TPSA) is 55.0 Å². The second kappa shape index (κ2) is 5.69. The van der Waals surface area contributed by atoms with Crippen molar-refractivity contribution >= 4 is 26.8 Å². The Morgan fingerprint density at radius 3 is 2.90 bits per heavy atom. The zero-order chi connectivity index (χ0) is 14.8. The predicted molar refractivity (Wildman–Crippen MR) is 85.6 cm³/mol. The number of halogens is 1. The normalized spacial score (nSPS) is 10.8. The Morgan fingerprint density at radius 1 is 1.24 bits per heavy atom. The summed E-state index contributed by atoms with van der Waals surface area (Å²) in [6.07, 6.45) is 0. The second-order valence-electron chi connectivity index (χ2n) is 4.73. The van der Waals surface area contributed by atoms with Gasteiger partial charge < -0.3 is 9.72 Å². The third-order valence-electron chi connectivity index (χ3n) is 3.18. The van der Waals surface area contributed by atoms with E-state index in [1.807, 2.05) is 43.3 Å². The van der Waals surface area contributed by atoms with Crippen molar-refractivity contribution in [3.05, 3.63) is 68.7 Å². The molecule has 21 heavy (non-hydrogen) atoms. The first-order valence-electron chi connectivity index (χ1n) is 6.50. The molecule has 3 rings (SSSR count). The number of H-pyrrole nitrogens is 1. The van der Waals surface area contributed by atoms with Gasteiger partial charge in [-0.25, -0.2) is 4.98 Å². The molecule has 0 spiro atoms. The number of aromatic amines is 1. The molecule has 0 saturated carbocycles. The molecule has 0 aliphatic heterocycles. The summed E-state index contributed by atoms with van der Waals surface area (Å²) in [6, 6.07) is 13.1. The fraction of sp³-hybridized carbons (Fsp3) is 0.125. The number of ether oxygens (including phenoxy) is 1. The van der Waals surface area contributed by atoms with Gasteiger partial charge in [-0.3, -0.25) is 4.79 Å². The number of fused-ring (bicyclic) bond motifs is 1. The molecule has 0 fully saturated rings. The first kappa shape index (κ1) is 13.8. The summed E-state index contributed by atoms with van der Waals surface area (Å²) < 4.78 is 6.69. The lowest BCUT2D eigenvalue weighted by Gasteiger charge is -2.09. The Bertz CT molecular complexity index is 858. The van der Waals surface area contributed by atoms with Gasteiger partial charge in [-0.05, 0) is 36.8 Å². The minimum Gasteiger partial charge on any atom is -0.485 e. The average Bonchev–Trinajstić information content (AvgIpc) is 2.48. The van der Waals surface area contributed by atoms with Crippen molar-refractivity contribution < 1.29 is 4.74 Å². The molecule has 0 atom stereocenters. The Labute approximate surface area is 129 Å². The Balaban J connectivity index is 1.88. The van der Waals surface area contributed by atoms with E-state index in [4.69, 9.17) is 4.74 Å². The van der Waals surface area contributed by atoms with E-state index in [0.29, 0.717) is 16.7 Å². The highest BCUT2D eigenvalue weighted by atomic mass is 79.9. The maximum Gasteiger partial charge on any atom is 0.258 e. The van der Waals surface area contributed by atoms with Crippen LogP contribution < -0.4 is 10.3 Å². The third kappa shape index (κ3) is 2.97. The first-order chi connectivity index (χ1) is 10.1. The van der Waals surface area contributed by atoms with Gasteiger partial charge in [-0.2, -0.15) is 0 Å². The first-order valence-corrected chi connectivity index (χ1v) is 7.30. The molecule has 0 amide bonds. The molecule has 5 heteroatoms. The lowest BCUT2D eigenvalue weighted by Crippen LogP contribution is -2.13. The number of nitrogens with zero attached hydrogens (tertiary/aromatic N) is 1. The van der Waals surface area contributed by atoms with Gasteiger partial charge in [-0.1, -0.05) is 34.1 Å². The molecule has 106 valence electrons. The Morgan fingerprint density at radius 2 is 2.05 bits per heavy atom. The summed E-state index contributed by atoms with van der Waals surface area (Å²) in [5.41, 5.74) is 1.55. The van der Waals surface area contributed by atoms with E-state index >= 15 is 0 Å². The second-order valence-corrected chi connectivity index (χ2v) is 5.64. The summed E-state index contributed by atoms with van der Waals surface area (Å²) in [7, 11) is 0. The van der Waals surface area contributed by atoms with Gasteiger partial charge >= 0.3 is 0 Å². The molecular weight excluding hydrogens is 332 g/mol.